The summed E-state index contributed by atoms with van der Waals surface area (Å²) >= 11 is 5.79. The molecule has 0 N–H and O–H groups in total. The van der Waals surface area contributed by atoms with Gasteiger partial charge in [0.25, 0.3) is 0 Å². The minimum absolute atomic E-state index is 0.224. The molecule has 0 saturated heterocycles. The molecule has 1 atom stereocenters. The first kappa shape index (κ1) is 14.8. The molecule has 0 bridgehead atoms. The molecule has 0 aliphatic heterocycles. The van der Waals surface area contributed by atoms with Crippen molar-refractivity contribution in [3.05, 3.63) is 29.3 Å². The number of methoxy groups -OCH3 is 1. The molecular weight excluding hydrogens is 252 g/mol. The van der Waals surface area contributed by atoms with Crippen LogP contribution in [0.1, 0.15) is 20.3 Å². The fourth-order valence-electron chi connectivity index (χ4n) is 1.70. The number of benzene rings is 1. The van der Waals surface area contributed by atoms with Crippen LogP contribution < -0.4 is 4.74 Å². The number of hydrogen-bond acceptors (Lipinski definition) is 3. The van der Waals surface area contributed by atoms with Gasteiger partial charge in [0, 0.05) is 5.02 Å². The molecule has 0 fully saturated rings. The zero-order valence-corrected chi connectivity index (χ0v) is 11.7. The van der Waals surface area contributed by atoms with Crippen LogP contribution in [0, 0.1) is 11.8 Å². The molecule has 0 saturated carbocycles. The maximum Gasteiger partial charge on any atom is 0.312 e. The molecule has 3 nitrogen and oxygen atoms in total. The van der Waals surface area contributed by atoms with Crippen LogP contribution in [0.15, 0.2) is 24.3 Å². The molecule has 18 heavy (non-hydrogen) atoms. The predicted molar refractivity (Wildman–Crippen MR) is 71.9 cm³/mol. The van der Waals surface area contributed by atoms with Gasteiger partial charge in [0.15, 0.2) is 0 Å². The lowest BCUT2D eigenvalue weighted by Gasteiger charge is -2.17. The highest BCUT2D eigenvalue weighted by Crippen LogP contribution is 2.19. The molecule has 0 aliphatic rings. The average Bonchev–Trinajstić information content (AvgIpc) is 2.35. The van der Waals surface area contributed by atoms with E-state index in [9.17, 15) is 4.79 Å². The van der Waals surface area contributed by atoms with Gasteiger partial charge in [-0.05, 0) is 36.6 Å². The summed E-state index contributed by atoms with van der Waals surface area (Å²) in [6, 6.07) is 7.08. The van der Waals surface area contributed by atoms with E-state index in [0.717, 1.165) is 6.42 Å². The minimum atomic E-state index is -0.231. The Labute approximate surface area is 113 Å². The number of carbonyl (C=O) groups is 1. The Hall–Kier alpha value is -1.22. The summed E-state index contributed by atoms with van der Waals surface area (Å²) in [7, 11) is 1.40. The molecule has 1 unspecified atom stereocenters. The molecule has 4 heteroatoms. The summed E-state index contributed by atoms with van der Waals surface area (Å²) in [5.74, 6) is 0.670. The smallest absolute Gasteiger partial charge is 0.312 e. The quantitative estimate of drug-likeness (QED) is 0.742. The molecule has 0 amide bonds. The van der Waals surface area contributed by atoms with Gasteiger partial charge in [0.05, 0.1) is 13.0 Å². The van der Waals surface area contributed by atoms with Crippen LogP contribution in [0.3, 0.4) is 0 Å². The molecule has 0 radical (unpaired) electrons. The summed E-state index contributed by atoms with van der Waals surface area (Å²) in [5.41, 5.74) is 0. The molecule has 0 spiro atoms. The van der Waals surface area contributed by atoms with Gasteiger partial charge in [-0.1, -0.05) is 25.4 Å². The van der Waals surface area contributed by atoms with Gasteiger partial charge >= 0.3 is 5.97 Å². The highest BCUT2D eigenvalue weighted by Gasteiger charge is 2.21. The third kappa shape index (κ3) is 4.96. The van der Waals surface area contributed by atoms with Gasteiger partial charge in [-0.3, -0.25) is 4.79 Å². The van der Waals surface area contributed by atoms with E-state index in [2.05, 4.69) is 13.8 Å². The van der Waals surface area contributed by atoms with Crippen molar-refractivity contribution >= 4 is 17.6 Å². The molecule has 1 aromatic carbocycles. The monoisotopic (exact) mass is 270 g/mol. The van der Waals surface area contributed by atoms with Crippen LogP contribution in [-0.2, 0) is 9.53 Å². The lowest BCUT2D eigenvalue weighted by molar-refractivity contribution is -0.147. The summed E-state index contributed by atoms with van der Waals surface area (Å²) in [5, 5.41) is 0.661. The van der Waals surface area contributed by atoms with Crippen molar-refractivity contribution in [2.45, 2.75) is 20.3 Å². The summed E-state index contributed by atoms with van der Waals surface area (Å²) in [6.45, 7) is 4.46. The fourth-order valence-corrected chi connectivity index (χ4v) is 1.82. The van der Waals surface area contributed by atoms with Crippen molar-refractivity contribution in [2.24, 2.45) is 11.8 Å². The second kappa shape index (κ2) is 7.27. The lowest BCUT2D eigenvalue weighted by Crippen LogP contribution is -2.24. The van der Waals surface area contributed by atoms with E-state index >= 15 is 0 Å². The fraction of sp³-hybridized carbons (Fsp3) is 0.500. The molecule has 0 aliphatic carbocycles. The SMILES string of the molecule is COC(=O)C(COc1ccc(Cl)cc1)CC(C)C. The Kier molecular flexibility index (Phi) is 5.99. The summed E-state index contributed by atoms with van der Waals surface area (Å²) in [6.07, 6.45) is 0.750. The minimum Gasteiger partial charge on any atom is -0.493 e. The first-order chi connectivity index (χ1) is 8.52. The van der Waals surface area contributed by atoms with E-state index in [1.54, 1.807) is 24.3 Å². The van der Waals surface area contributed by atoms with Crippen LogP contribution in [0.5, 0.6) is 5.75 Å². The molecule has 100 valence electrons. The molecule has 0 heterocycles. The topological polar surface area (TPSA) is 35.5 Å². The van der Waals surface area contributed by atoms with Crippen molar-refractivity contribution in [1.82, 2.24) is 0 Å². The highest BCUT2D eigenvalue weighted by molar-refractivity contribution is 6.30. The second-order valence-electron chi connectivity index (χ2n) is 4.61. The Morgan fingerprint density at radius 2 is 1.89 bits per heavy atom. The molecule has 0 aromatic heterocycles. The lowest BCUT2D eigenvalue weighted by atomic mass is 9.98. The third-order valence-corrected chi connectivity index (χ3v) is 2.81. The summed E-state index contributed by atoms with van der Waals surface area (Å²) < 4.78 is 10.4. The van der Waals surface area contributed by atoms with E-state index in [1.165, 1.54) is 7.11 Å². The number of ether oxygens (including phenoxy) is 2. The maximum atomic E-state index is 11.6. The van der Waals surface area contributed by atoms with Crippen LogP contribution >= 0.6 is 11.6 Å². The first-order valence-corrected chi connectivity index (χ1v) is 6.37. The predicted octanol–water partition coefficient (Wildman–Crippen LogP) is 3.55. The highest BCUT2D eigenvalue weighted by atomic mass is 35.5. The van der Waals surface area contributed by atoms with Crippen molar-refractivity contribution < 1.29 is 14.3 Å². The van der Waals surface area contributed by atoms with Gasteiger partial charge in [-0.25, -0.2) is 0 Å². The molecule has 1 aromatic rings. The Bertz CT molecular complexity index is 373. The van der Waals surface area contributed by atoms with Crippen molar-refractivity contribution in [1.29, 1.82) is 0 Å². The number of rotatable bonds is 6. The van der Waals surface area contributed by atoms with E-state index < -0.39 is 0 Å². The van der Waals surface area contributed by atoms with E-state index in [0.29, 0.717) is 23.3 Å². The maximum absolute atomic E-state index is 11.6. The standard InChI is InChI=1S/C14H19ClO3/c1-10(2)8-11(14(16)17-3)9-18-13-6-4-12(15)5-7-13/h4-7,10-11H,8-9H2,1-3H3. The summed E-state index contributed by atoms with van der Waals surface area (Å²) in [4.78, 5) is 11.6. The van der Waals surface area contributed by atoms with Crippen LogP contribution in [0.2, 0.25) is 5.02 Å². The zero-order chi connectivity index (χ0) is 13.5. The normalized spacial score (nSPS) is 12.3. The van der Waals surface area contributed by atoms with E-state index in [-0.39, 0.29) is 11.9 Å². The van der Waals surface area contributed by atoms with E-state index in [1.807, 2.05) is 0 Å². The van der Waals surface area contributed by atoms with Crippen molar-refractivity contribution in [3.8, 4) is 5.75 Å². The number of esters is 1. The van der Waals surface area contributed by atoms with Gasteiger partial charge < -0.3 is 9.47 Å². The number of hydrogen-bond donors (Lipinski definition) is 0. The van der Waals surface area contributed by atoms with E-state index in [4.69, 9.17) is 21.1 Å². The van der Waals surface area contributed by atoms with Crippen LogP contribution in [0.4, 0.5) is 0 Å². The Balaban J connectivity index is 2.55. The largest absolute Gasteiger partial charge is 0.493 e. The third-order valence-electron chi connectivity index (χ3n) is 2.56. The Morgan fingerprint density at radius 1 is 1.28 bits per heavy atom. The Morgan fingerprint density at radius 3 is 2.39 bits per heavy atom. The number of carbonyl (C=O) groups excluding carboxylic acids is 1. The van der Waals surface area contributed by atoms with Crippen LogP contribution in [-0.4, -0.2) is 19.7 Å². The second-order valence-corrected chi connectivity index (χ2v) is 5.05. The van der Waals surface area contributed by atoms with Gasteiger partial charge in [0.2, 0.25) is 0 Å². The zero-order valence-electron chi connectivity index (χ0n) is 11.0. The molecule has 1 rings (SSSR count). The van der Waals surface area contributed by atoms with Gasteiger partial charge in [-0.15, -0.1) is 0 Å². The molecular formula is C14H19ClO3. The van der Waals surface area contributed by atoms with Crippen LogP contribution in [0.25, 0.3) is 0 Å². The first-order valence-electron chi connectivity index (χ1n) is 5.99. The number of halogens is 1. The average molecular weight is 271 g/mol. The van der Waals surface area contributed by atoms with Gasteiger partial charge in [-0.2, -0.15) is 0 Å². The van der Waals surface area contributed by atoms with Crippen molar-refractivity contribution in [2.75, 3.05) is 13.7 Å². The van der Waals surface area contributed by atoms with Crippen molar-refractivity contribution in [3.63, 3.8) is 0 Å². The van der Waals surface area contributed by atoms with Gasteiger partial charge in [0.1, 0.15) is 12.4 Å².